The van der Waals surface area contributed by atoms with Crippen LogP contribution < -0.4 is 10.6 Å². The van der Waals surface area contributed by atoms with Gasteiger partial charge in [-0.05, 0) is 19.1 Å². The standard InChI is InChI=1S/C12H15ClN4OS/c1-9(7-17-5-4-14-8-17)16-12(18)15-6-10-2-3-11(13)19-10/h2-5,8-9H,6-7H2,1H3,(H2,15,16,18). The van der Waals surface area contributed by atoms with E-state index in [2.05, 4.69) is 15.6 Å². The van der Waals surface area contributed by atoms with Gasteiger partial charge in [-0.1, -0.05) is 11.6 Å². The summed E-state index contributed by atoms with van der Waals surface area (Å²) < 4.78 is 2.65. The molecule has 2 aromatic heterocycles. The van der Waals surface area contributed by atoms with Crippen molar-refractivity contribution in [3.63, 3.8) is 0 Å². The number of carbonyl (C=O) groups excluding carboxylic acids is 1. The number of thiophene rings is 1. The Morgan fingerprint density at radius 2 is 2.42 bits per heavy atom. The van der Waals surface area contributed by atoms with Gasteiger partial charge in [0.1, 0.15) is 0 Å². The molecule has 7 heteroatoms. The molecular weight excluding hydrogens is 284 g/mol. The summed E-state index contributed by atoms with van der Waals surface area (Å²) in [7, 11) is 0. The van der Waals surface area contributed by atoms with Gasteiger partial charge in [-0.2, -0.15) is 0 Å². The van der Waals surface area contributed by atoms with Gasteiger partial charge in [0.25, 0.3) is 0 Å². The minimum Gasteiger partial charge on any atom is -0.335 e. The summed E-state index contributed by atoms with van der Waals surface area (Å²) in [6.45, 7) is 3.13. The normalized spacial score (nSPS) is 12.1. The fourth-order valence-electron chi connectivity index (χ4n) is 1.65. The maximum absolute atomic E-state index is 11.7. The lowest BCUT2D eigenvalue weighted by Gasteiger charge is -2.14. The van der Waals surface area contributed by atoms with Crippen LogP contribution in [0.25, 0.3) is 0 Å². The topological polar surface area (TPSA) is 59.0 Å². The lowest BCUT2D eigenvalue weighted by molar-refractivity contribution is 0.236. The lowest BCUT2D eigenvalue weighted by Crippen LogP contribution is -2.42. The zero-order valence-corrected chi connectivity index (χ0v) is 12.0. The van der Waals surface area contributed by atoms with Gasteiger partial charge in [-0.3, -0.25) is 0 Å². The van der Waals surface area contributed by atoms with E-state index in [0.29, 0.717) is 13.1 Å². The van der Waals surface area contributed by atoms with Crippen molar-refractivity contribution in [2.75, 3.05) is 0 Å². The highest BCUT2D eigenvalue weighted by atomic mass is 35.5. The van der Waals surface area contributed by atoms with E-state index in [0.717, 1.165) is 9.21 Å². The maximum Gasteiger partial charge on any atom is 0.315 e. The number of urea groups is 1. The van der Waals surface area contributed by atoms with E-state index in [-0.39, 0.29) is 12.1 Å². The molecule has 0 aliphatic rings. The van der Waals surface area contributed by atoms with Crippen molar-refractivity contribution in [3.8, 4) is 0 Å². The molecule has 2 aromatic rings. The summed E-state index contributed by atoms with van der Waals surface area (Å²) in [5, 5.41) is 5.67. The number of aromatic nitrogens is 2. The number of nitrogens with one attached hydrogen (secondary N) is 2. The molecule has 2 amide bonds. The van der Waals surface area contributed by atoms with Crippen molar-refractivity contribution < 1.29 is 4.79 Å². The van der Waals surface area contributed by atoms with Crippen LogP contribution in [0.5, 0.6) is 0 Å². The second-order valence-corrected chi connectivity index (χ2v) is 5.99. The average Bonchev–Trinajstić information content (AvgIpc) is 2.98. The second kappa shape index (κ2) is 6.58. The number of hydrogen-bond donors (Lipinski definition) is 2. The van der Waals surface area contributed by atoms with Crippen LogP contribution >= 0.6 is 22.9 Å². The summed E-state index contributed by atoms with van der Waals surface area (Å²) in [6.07, 6.45) is 5.31. The molecule has 0 saturated carbocycles. The summed E-state index contributed by atoms with van der Waals surface area (Å²) >= 11 is 7.28. The molecule has 0 saturated heterocycles. The van der Waals surface area contributed by atoms with Crippen LogP contribution in [0.4, 0.5) is 4.79 Å². The molecule has 0 aliphatic heterocycles. The van der Waals surface area contributed by atoms with Crippen LogP contribution in [-0.2, 0) is 13.1 Å². The molecule has 5 nitrogen and oxygen atoms in total. The van der Waals surface area contributed by atoms with Crippen LogP contribution in [0.2, 0.25) is 4.34 Å². The Hall–Kier alpha value is -1.53. The summed E-state index contributed by atoms with van der Waals surface area (Å²) in [5.74, 6) is 0. The van der Waals surface area contributed by atoms with Gasteiger partial charge in [0.05, 0.1) is 17.2 Å². The minimum absolute atomic E-state index is 0.0288. The van der Waals surface area contributed by atoms with Gasteiger partial charge in [0, 0.05) is 29.9 Å². The number of nitrogens with zero attached hydrogens (tertiary/aromatic N) is 2. The zero-order valence-electron chi connectivity index (χ0n) is 10.5. The highest BCUT2D eigenvalue weighted by molar-refractivity contribution is 7.16. The van der Waals surface area contributed by atoms with Crippen LogP contribution in [0.1, 0.15) is 11.8 Å². The van der Waals surface area contributed by atoms with Crippen molar-refractivity contribution in [2.24, 2.45) is 0 Å². The highest BCUT2D eigenvalue weighted by Gasteiger charge is 2.07. The van der Waals surface area contributed by atoms with Crippen LogP contribution in [-0.4, -0.2) is 21.6 Å². The molecule has 0 spiro atoms. The Morgan fingerprint density at radius 3 is 3.05 bits per heavy atom. The molecule has 0 fully saturated rings. The monoisotopic (exact) mass is 298 g/mol. The molecule has 19 heavy (non-hydrogen) atoms. The third-order valence-corrected chi connectivity index (χ3v) is 3.70. The first-order chi connectivity index (χ1) is 9.13. The molecule has 2 heterocycles. The van der Waals surface area contributed by atoms with E-state index in [9.17, 15) is 4.79 Å². The summed E-state index contributed by atoms with van der Waals surface area (Å²) in [5.41, 5.74) is 0. The number of amides is 2. The van der Waals surface area contributed by atoms with Crippen molar-refractivity contribution in [1.82, 2.24) is 20.2 Å². The molecule has 1 unspecified atom stereocenters. The molecule has 0 aromatic carbocycles. The first-order valence-electron chi connectivity index (χ1n) is 5.88. The number of hydrogen-bond acceptors (Lipinski definition) is 3. The lowest BCUT2D eigenvalue weighted by atomic mass is 10.3. The van der Waals surface area contributed by atoms with Crippen LogP contribution in [0.15, 0.2) is 30.9 Å². The third-order valence-electron chi connectivity index (χ3n) is 2.47. The largest absolute Gasteiger partial charge is 0.335 e. The molecule has 102 valence electrons. The van der Waals surface area contributed by atoms with E-state index in [4.69, 9.17) is 11.6 Å². The van der Waals surface area contributed by atoms with Gasteiger partial charge in [-0.25, -0.2) is 9.78 Å². The smallest absolute Gasteiger partial charge is 0.315 e. The van der Waals surface area contributed by atoms with Crippen LogP contribution in [0.3, 0.4) is 0 Å². The first-order valence-corrected chi connectivity index (χ1v) is 7.07. The van der Waals surface area contributed by atoms with E-state index in [1.807, 2.05) is 29.8 Å². The van der Waals surface area contributed by atoms with Gasteiger partial charge in [0.15, 0.2) is 0 Å². The Labute approximate surface area is 120 Å². The summed E-state index contributed by atoms with van der Waals surface area (Å²) in [4.78, 5) is 16.7. The second-order valence-electron chi connectivity index (χ2n) is 4.19. The van der Waals surface area contributed by atoms with Gasteiger partial charge in [0.2, 0.25) is 0 Å². The molecule has 0 aliphatic carbocycles. The Bertz CT molecular complexity index is 526. The fourth-order valence-corrected chi connectivity index (χ4v) is 2.67. The van der Waals surface area contributed by atoms with E-state index >= 15 is 0 Å². The maximum atomic E-state index is 11.7. The Balaban J connectivity index is 1.71. The van der Waals surface area contributed by atoms with Gasteiger partial charge >= 0.3 is 6.03 Å². The Kier molecular flexibility index (Phi) is 4.81. The van der Waals surface area contributed by atoms with E-state index < -0.39 is 0 Å². The molecule has 1 atom stereocenters. The average molecular weight is 299 g/mol. The highest BCUT2D eigenvalue weighted by Crippen LogP contribution is 2.20. The molecule has 2 N–H and O–H groups in total. The van der Waals surface area contributed by atoms with Crippen molar-refractivity contribution in [1.29, 1.82) is 0 Å². The minimum atomic E-state index is -0.183. The van der Waals surface area contributed by atoms with Crippen molar-refractivity contribution >= 4 is 29.0 Å². The molecule has 0 radical (unpaired) electrons. The quantitative estimate of drug-likeness (QED) is 0.891. The van der Waals surface area contributed by atoms with Crippen LogP contribution in [0, 0.1) is 0 Å². The zero-order chi connectivity index (χ0) is 13.7. The number of halogens is 1. The van der Waals surface area contributed by atoms with E-state index in [1.165, 1.54) is 11.3 Å². The predicted molar refractivity (Wildman–Crippen MR) is 76.4 cm³/mol. The Morgan fingerprint density at radius 1 is 1.58 bits per heavy atom. The van der Waals surface area contributed by atoms with Gasteiger partial charge < -0.3 is 15.2 Å². The van der Waals surface area contributed by atoms with Gasteiger partial charge in [-0.15, -0.1) is 11.3 Å². The SMILES string of the molecule is CC(Cn1ccnc1)NC(=O)NCc1ccc(Cl)s1. The molecule has 2 rings (SSSR count). The third kappa shape index (κ3) is 4.57. The van der Waals surface area contributed by atoms with E-state index in [1.54, 1.807) is 12.5 Å². The predicted octanol–water partition coefficient (Wildman–Crippen LogP) is 2.49. The van der Waals surface area contributed by atoms with Crippen molar-refractivity contribution in [3.05, 3.63) is 40.1 Å². The number of carbonyl (C=O) groups is 1. The number of imidazole rings is 1. The molecular formula is C12H15ClN4OS. The fraction of sp³-hybridized carbons (Fsp3) is 0.333. The number of rotatable bonds is 5. The first kappa shape index (κ1) is 13.9. The summed E-state index contributed by atoms with van der Waals surface area (Å²) in [6, 6.07) is 3.57. The molecule has 0 bridgehead atoms. The van der Waals surface area contributed by atoms with Crippen molar-refractivity contribution in [2.45, 2.75) is 26.1 Å².